The van der Waals surface area contributed by atoms with E-state index >= 15 is 0 Å². The summed E-state index contributed by atoms with van der Waals surface area (Å²) in [6, 6.07) is 13.0. The summed E-state index contributed by atoms with van der Waals surface area (Å²) < 4.78 is 2.06. The maximum atomic E-state index is 13.4. The molecular weight excluding hydrogens is 396 g/mol. The minimum atomic E-state index is 0.214. The van der Waals surface area contributed by atoms with E-state index in [1.807, 2.05) is 18.5 Å². The minimum absolute atomic E-state index is 0.214. The van der Waals surface area contributed by atoms with E-state index in [1.54, 1.807) is 12.4 Å². The average Bonchev–Trinajstić information content (AvgIpc) is 3.57. The van der Waals surface area contributed by atoms with Gasteiger partial charge < -0.3 is 9.47 Å². The molecule has 0 N–H and O–H groups in total. The summed E-state index contributed by atoms with van der Waals surface area (Å²) in [6.07, 6.45) is 14.1. The van der Waals surface area contributed by atoms with Crippen LogP contribution in [0, 0.1) is 5.92 Å². The third-order valence-electron chi connectivity index (χ3n) is 7.31. The van der Waals surface area contributed by atoms with Gasteiger partial charge in [0.2, 0.25) is 5.91 Å². The van der Waals surface area contributed by atoms with E-state index < -0.39 is 0 Å². The number of nitrogens with zero attached hydrogens (tertiary/aromatic N) is 4. The molecule has 2 aromatic heterocycles. The number of carbonyl (C=O) groups is 1. The molecule has 1 saturated carbocycles. The van der Waals surface area contributed by atoms with Gasteiger partial charge in [-0.1, -0.05) is 44.0 Å². The number of aromatic nitrogens is 3. The van der Waals surface area contributed by atoms with Crippen LogP contribution in [0.2, 0.25) is 0 Å². The molecule has 5 rings (SSSR count). The van der Waals surface area contributed by atoms with Gasteiger partial charge in [-0.2, -0.15) is 0 Å². The number of carbonyl (C=O) groups excluding carboxylic acids is 1. The highest BCUT2D eigenvalue weighted by Gasteiger charge is 2.36. The SMILES string of the molecule is CCc1ccc(C2CC(c3cn(-c4ccncc4)cn3)CN(C(=O)C3CCCC3)C2)cc1. The first-order valence-electron chi connectivity index (χ1n) is 12.0. The number of rotatable bonds is 5. The highest BCUT2D eigenvalue weighted by Crippen LogP contribution is 2.37. The molecule has 5 heteroatoms. The second-order valence-corrected chi connectivity index (χ2v) is 9.36. The Morgan fingerprint density at radius 3 is 2.44 bits per heavy atom. The van der Waals surface area contributed by atoms with Crippen LogP contribution in [0.3, 0.4) is 0 Å². The maximum absolute atomic E-state index is 13.4. The first-order chi connectivity index (χ1) is 15.7. The Balaban J connectivity index is 1.41. The first kappa shape index (κ1) is 20.9. The molecule has 0 spiro atoms. The normalized spacial score (nSPS) is 21.7. The zero-order valence-corrected chi connectivity index (χ0v) is 18.9. The van der Waals surface area contributed by atoms with Crippen LogP contribution in [0.4, 0.5) is 0 Å². The van der Waals surface area contributed by atoms with Crippen molar-refractivity contribution in [1.29, 1.82) is 0 Å². The summed E-state index contributed by atoms with van der Waals surface area (Å²) in [5, 5.41) is 0. The lowest BCUT2D eigenvalue weighted by Gasteiger charge is -2.39. The predicted molar refractivity (Wildman–Crippen MR) is 126 cm³/mol. The number of hydrogen-bond acceptors (Lipinski definition) is 3. The van der Waals surface area contributed by atoms with Crippen molar-refractivity contribution >= 4 is 5.91 Å². The van der Waals surface area contributed by atoms with Gasteiger partial charge in [0.1, 0.15) is 0 Å². The van der Waals surface area contributed by atoms with Gasteiger partial charge in [0, 0.05) is 55.1 Å². The van der Waals surface area contributed by atoms with Gasteiger partial charge in [-0.25, -0.2) is 4.98 Å². The molecule has 166 valence electrons. The van der Waals surface area contributed by atoms with Crippen LogP contribution in [-0.2, 0) is 11.2 Å². The molecule has 1 saturated heterocycles. The zero-order valence-electron chi connectivity index (χ0n) is 18.9. The molecular formula is C27H32N4O. The Labute approximate surface area is 190 Å². The monoisotopic (exact) mass is 428 g/mol. The predicted octanol–water partition coefficient (Wildman–Crippen LogP) is 5.12. The molecule has 32 heavy (non-hydrogen) atoms. The molecule has 2 aliphatic rings. The lowest BCUT2D eigenvalue weighted by molar-refractivity contribution is -0.137. The van der Waals surface area contributed by atoms with Gasteiger partial charge in [-0.3, -0.25) is 9.78 Å². The third-order valence-corrected chi connectivity index (χ3v) is 7.31. The summed E-state index contributed by atoms with van der Waals surface area (Å²) in [5.74, 6) is 1.16. The largest absolute Gasteiger partial charge is 0.341 e. The zero-order chi connectivity index (χ0) is 21.9. The Bertz CT molecular complexity index is 1040. The van der Waals surface area contributed by atoms with Gasteiger partial charge in [0.15, 0.2) is 0 Å². The van der Waals surface area contributed by atoms with E-state index in [-0.39, 0.29) is 11.8 Å². The van der Waals surface area contributed by atoms with Crippen LogP contribution in [-0.4, -0.2) is 38.4 Å². The van der Waals surface area contributed by atoms with Gasteiger partial charge in [-0.15, -0.1) is 0 Å². The second-order valence-electron chi connectivity index (χ2n) is 9.36. The number of amides is 1. The van der Waals surface area contributed by atoms with Crippen LogP contribution in [0.5, 0.6) is 0 Å². The number of aryl methyl sites for hydroxylation is 1. The van der Waals surface area contributed by atoms with Crippen LogP contribution in [0.1, 0.15) is 67.7 Å². The van der Waals surface area contributed by atoms with Crippen LogP contribution < -0.4 is 0 Å². The summed E-state index contributed by atoms with van der Waals surface area (Å²) in [7, 11) is 0. The van der Waals surface area contributed by atoms with Gasteiger partial charge in [0.05, 0.1) is 12.0 Å². The van der Waals surface area contributed by atoms with Crippen molar-refractivity contribution in [2.75, 3.05) is 13.1 Å². The van der Waals surface area contributed by atoms with Crippen molar-refractivity contribution in [1.82, 2.24) is 19.4 Å². The van der Waals surface area contributed by atoms with E-state index in [2.05, 4.69) is 51.8 Å². The highest BCUT2D eigenvalue weighted by molar-refractivity contribution is 5.79. The summed E-state index contributed by atoms with van der Waals surface area (Å²) in [4.78, 5) is 24.4. The Morgan fingerprint density at radius 1 is 1.00 bits per heavy atom. The quantitative estimate of drug-likeness (QED) is 0.567. The summed E-state index contributed by atoms with van der Waals surface area (Å²) >= 11 is 0. The van der Waals surface area contributed by atoms with Gasteiger partial charge >= 0.3 is 0 Å². The summed E-state index contributed by atoms with van der Waals surface area (Å²) in [5.41, 5.74) is 4.82. The van der Waals surface area contributed by atoms with Crippen LogP contribution >= 0.6 is 0 Å². The van der Waals surface area contributed by atoms with E-state index in [4.69, 9.17) is 4.98 Å². The fraction of sp³-hybridized carbons (Fsp3) is 0.444. The van der Waals surface area contributed by atoms with Crippen molar-refractivity contribution < 1.29 is 4.79 Å². The van der Waals surface area contributed by atoms with E-state index in [9.17, 15) is 4.79 Å². The fourth-order valence-electron chi connectivity index (χ4n) is 5.40. The molecule has 1 amide bonds. The number of pyridine rings is 1. The fourth-order valence-corrected chi connectivity index (χ4v) is 5.40. The van der Waals surface area contributed by atoms with Gasteiger partial charge in [-0.05, 0) is 48.9 Å². The molecule has 5 nitrogen and oxygen atoms in total. The summed E-state index contributed by atoms with van der Waals surface area (Å²) in [6.45, 7) is 3.78. The highest BCUT2D eigenvalue weighted by atomic mass is 16.2. The number of piperidine rings is 1. The number of imidazole rings is 1. The molecule has 0 bridgehead atoms. The standard InChI is InChI=1S/C27H32N4O/c1-2-20-7-9-21(10-8-20)23-15-24(17-30(16-23)27(32)22-5-3-4-6-22)26-18-31(19-29-26)25-11-13-28-14-12-25/h7-14,18-19,22-24H,2-6,15-17H2,1H3. The first-order valence-corrected chi connectivity index (χ1v) is 12.0. The van der Waals surface area contributed by atoms with Crippen molar-refractivity contribution in [3.05, 3.63) is 78.1 Å². The molecule has 3 aromatic rings. The lowest BCUT2D eigenvalue weighted by Crippen LogP contribution is -2.44. The third kappa shape index (κ3) is 4.34. The molecule has 2 unspecified atom stereocenters. The minimum Gasteiger partial charge on any atom is -0.341 e. The molecule has 2 fully saturated rings. The van der Waals surface area contributed by atoms with Crippen LogP contribution in [0.25, 0.3) is 5.69 Å². The lowest BCUT2D eigenvalue weighted by atomic mass is 9.82. The Kier molecular flexibility index (Phi) is 6.06. The average molecular weight is 429 g/mol. The molecule has 3 heterocycles. The molecule has 1 aliphatic carbocycles. The molecule has 2 atom stereocenters. The second kappa shape index (κ2) is 9.27. The number of likely N-dealkylation sites (tertiary alicyclic amines) is 1. The van der Waals surface area contributed by atoms with Crippen molar-refractivity contribution in [3.8, 4) is 5.69 Å². The molecule has 1 aliphatic heterocycles. The maximum Gasteiger partial charge on any atom is 0.225 e. The topological polar surface area (TPSA) is 51.0 Å². The van der Waals surface area contributed by atoms with E-state index in [0.29, 0.717) is 11.8 Å². The molecule has 1 aromatic carbocycles. The van der Waals surface area contributed by atoms with Gasteiger partial charge in [0.25, 0.3) is 0 Å². The Hall–Kier alpha value is -2.95. The number of hydrogen-bond donors (Lipinski definition) is 0. The van der Waals surface area contributed by atoms with Crippen molar-refractivity contribution in [2.45, 2.75) is 57.3 Å². The number of benzene rings is 1. The van der Waals surface area contributed by atoms with E-state index in [1.165, 1.54) is 24.0 Å². The van der Waals surface area contributed by atoms with Crippen molar-refractivity contribution in [2.24, 2.45) is 5.92 Å². The smallest absolute Gasteiger partial charge is 0.225 e. The van der Waals surface area contributed by atoms with Crippen LogP contribution in [0.15, 0.2) is 61.3 Å². The Morgan fingerprint density at radius 2 is 1.72 bits per heavy atom. The van der Waals surface area contributed by atoms with Crippen molar-refractivity contribution in [3.63, 3.8) is 0 Å². The van der Waals surface area contributed by atoms with E-state index in [0.717, 1.165) is 50.2 Å². The molecule has 0 radical (unpaired) electrons.